The Balaban J connectivity index is 2.05. The predicted molar refractivity (Wildman–Crippen MR) is 94.8 cm³/mol. The average molecular weight is 371 g/mol. The lowest BCUT2D eigenvalue weighted by molar-refractivity contribution is -0.384. The van der Waals surface area contributed by atoms with Crippen LogP contribution in [0.1, 0.15) is 10.4 Å². The summed E-state index contributed by atoms with van der Waals surface area (Å²) in [4.78, 5) is 38.7. The van der Waals surface area contributed by atoms with E-state index in [0.717, 1.165) is 10.2 Å². The molecule has 0 radical (unpaired) electrons. The lowest BCUT2D eigenvalue weighted by Crippen LogP contribution is -2.22. The van der Waals surface area contributed by atoms with Gasteiger partial charge in [0.2, 0.25) is 0 Å². The molecule has 0 spiro atoms. The van der Waals surface area contributed by atoms with Crippen molar-refractivity contribution in [2.75, 3.05) is 7.11 Å². The molecule has 0 saturated carbocycles. The molecule has 0 aliphatic carbocycles. The third-order valence-electron chi connectivity index (χ3n) is 3.63. The molecule has 8 nitrogen and oxygen atoms in total. The molecule has 1 amide bonds. The fraction of sp³-hybridized carbons (Fsp3) is 0.118. The first-order valence-corrected chi connectivity index (χ1v) is 8.30. The van der Waals surface area contributed by atoms with E-state index in [-0.39, 0.29) is 17.8 Å². The molecule has 2 aromatic carbocycles. The minimum atomic E-state index is -0.551. The number of carbonyl (C=O) groups is 2. The maximum absolute atomic E-state index is 12.4. The molecule has 0 unspecified atom stereocenters. The van der Waals surface area contributed by atoms with Crippen molar-refractivity contribution in [3.63, 3.8) is 0 Å². The number of non-ortho nitro benzene ring substituents is 1. The molecular weight excluding hydrogens is 358 g/mol. The maximum Gasteiger partial charge on any atom is 0.325 e. The van der Waals surface area contributed by atoms with Gasteiger partial charge in [-0.2, -0.15) is 4.99 Å². The molecular formula is C17H13N3O5S. The highest BCUT2D eigenvalue weighted by atomic mass is 32.1. The van der Waals surface area contributed by atoms with Gasteiger partial charge in [-0.1, -0.05) is 23.5 Å². The van der Waals surface area contributed by atoms with E-state index < -0.39 is 16.8 Å². The fourth-order valence-corrected chi connectivity index (χ4v) is 3.36. The predicted octanol–water partition coefficient (Wildman–Crippen LogP) is 2.53. The van der Waals surface area contributed by atoms with Crippen molar-refractivity contribution in [2.24, 2.45) is 4.99 Å². The van der Waals surface area contributed by atoms with Crippen LogP contribution in [0.3, 0.4) is 0 Å². The van der Waals surface area contributed by atoms with E-state index >= 15 is 0 Å². The number of nitrogens with zero attached hydrogens (tertiary/aromatic N) is 3. The van der Waals surface area contributed by atoms with Crippen molar-refractivity contribution in [1.82, 2.24) is 4.57 Å². The van der Waals surface area contributed by atoms with E-state index in [4.69, 9.17) is 4.74 Å². The number of methoxy groups -OCH3 is 1. The molecule has 0 aliphatic heterocycles. The van der Waals surface area contributed by atoms with E-state index in [2.05, 4.69) is 4.99 Å². The number of aromatic nitrogens is 1. The minimum absolute atomic E-state index is 0.0765. The van der Waals surface area contributed by atoms with Crippen molar-refractivity contribution in [3.05, 3.63) is 69.0 Å². The van der Waals surface area contributed by atoms with E-state index in [9.17, 15) is 19.7 Å². The van der Waals surface area contributed by atoms with Gasteiger partial charge >= 0.3 is 5.97 Å². The number of para-hydroxylation sites is 1. The largest absolute Gasteiger partial charge is 0.468 e. The highest BCUT2D eigenvalue weighted by Crippen LogP contribution is 2.17. The topological polar surface area (TPSA) is 104 Å². The Morgan fingerprint density at radius 3 is 2.54 bits per heavy atom. The number of benzene rings is 2. The standard InChI is InChI=1S/C17H13N3O5S/c1-25-15(21)10-19-13-4-2-3-5-14(13)26-17(19)18-16(22)11-6-8-12(9-7-11)20(23)24/h2-9H,10H2,1H3. The minimum Gasteiger partial charge on any atom is -0.468 e. The zero-order chi connectivity index (χ0) is 18.7. The summed E-state index contributed by atoms with van der Waals surface area (Å²) in [6, 6.07) is 12.6. The van der Waals surface area contributed by atoms with E-state index in [1.54, 1.807) is 4.57 Å². The first kappa shape index (κ1) is 17.5. The third kappa shape index (κ3) is 3.52. The summed E-state index contributed by atoms with van der Waals surface area (Å²) in [5.74, 6) is -1.01. The second-order valence-corrected chi connectivity index (χ2v) is 6.24. The van der Waals surface area contributed by atoms with E-state index in [1.807, 2.05) is 24.3 Å². The van der Waals surface area contributed by atoms with Crippen LogP contribution >= 0.6 is 11.3 Å². The fourth-order valence-electron chi connectivity index (χ4n) is 2.33. The Morgan fingerprint density at radius 1 is 1.19 bits per heavy atom. The van der Waals surface area contributed by atoms with Gasteiger partial charge in [-0.05, 0) is 24.3 Å². The highest BCUT2D eigenvalue weighted by Gasteiger charge is 2.13. The quantitative estimate of drug-likeness (QED) is 0.398. The van der Waals surface area contributed by atoms with Crippen molar-refractivity contribution < 1.29 is 19.2 Å². The van der Waals surface area contributed by atoms with Crippen LogP contribution in [0.4, 0.5) is 5.69 Å². The Kier molecular flexibility index (Phi) is 4.90. The van der Waals surface area contributed by atoms with Gasteiger partial charge in [-0.15, -0.1) is 0 Å². The molecule has 0 bridgehead atoms. The van der Waals surface area contributed by atoms with Crippen molar-refractivity contribution >= 4 is 39.1 Å². The smallest absolute Gasteiger partial charge is 0.325 e. The summed E-state index contributed by atoms with van der Waals surface area (Å²) in [5.41, 5.74) is 0.875. The number of thiazole rings is 1. The van der Waals surface area contributed by atoms with Gasteiger partial charge in [-0.25, -0.2) is 0 Å². The van der Waals surface area contributed by atoms with Gasteiger partial charge in [0.05, 0.1) is 22.2 Å². The summed E-state index contributed by atoms with van der Waals surface area (Å²) >= 11 is 1.27. The summed E-state index contributed by atoms with van der Waals surface area (Å²) in [6.45, 7) is -0.0765. The van der Waals surface area contributed by atoms with Crippen LogP contribution in [-0.2, 0) is 16.1 Å². The van der Waals surface area contributed by atoms with Crippen LogP contribution in [-0.4, -0.2) is 28.5 Å². The molecule has 0 aliphatic rings. The van der Waals surface area contributed by atoms with Crippen LogP contribution in [0.15, 0.2) is 53.5 Å². The van der Waals surface area contributed by atoms with Gasteiger partial charge in [0.25, 0.3) is 11.6 Å². The number of hydrogen-bond donors (Lipinski definition) is 0. The first-order valence-electron chi connectivity index (χ1n) is 7.48. The number of nitro groups is 1. The number of fused-ring (bicyclic) bond motifs is 1. The summed E-state index contributed by atoms with van der Waals surface area (Å²) in [7, 11) is 1.29. The number of hydrogen-bond acceptors (Lipinski definition) is 6. The van der Waals surface area contributed by atoms with E-state index in [1.165, 1.54) is 42.7 Å². The van der Waals surface area contributed by atoms with Crippen molar-refractivity contribution in [1.29, 1.82) is 0 Å². The third-order valence-corrected chi connectivity index (χ3v) is 4.68. The molecule has 0 N–H and O–H groups in total. The molecule has 0 saturated heterocycles. The average Bonchev–Trinajstić information content (AvgIpc) is 2.98. The second kappa shape index (κ2) is 7.28. The summed E-state index contributed by atoms with van der Waals surface area (Å²) < 4.78 is 7.18. The zero-order valence-electron chi connectivity index (χ0n) is 13.6. The Bertz CT molecular complexity index is 1070. The Hall–Kier alpha value is -3.33. The van der Waals surface area contributed by atoms with Crippen LogP contribution < -0.4 is 4.80 Å². The number of ether oxygens (including phenoxy) is 1. The lowest BCUT2D eigenvalue weighted by Gasteiger charge is -2.03. The molecule has 9 heteroatoms. The molecule has 132 valence electrons. The zero-order valence-corrected chi connectivity index (χ0v) is 14.4. The molecule has 26 heavy (non-hydrogen) atoms. The monoisotopic (exact) mass is 371 g/mol. The number of carbonyl (C=O) groups excluding carboxylic acids is 2. The normalized spacial score (nSPS) is 11.5. The van der Waals surface area contributed by atoms with Crippen LogP contribution in [0, 0.1) is 10.1 Å². The summed E-state index contributed by atoms with van der Waals surface area (Å²) in [6.07, 6.45) is 0. The van der Waals surface area contributed by atoms with Gasteiger partial charge in [0, 0.05) is 17.7 Å². The van der Waals surface area contributed by atoms with Crippen LogP contribution in [0.25, 0.3) is 10.2 Å². The van der Waals surface area contributed by atoms with Crippen molar-refractivity contribution in [3.8, 4) is 0 Å². The van der Waals surface area contributed by atoms with E-state index in [0.29, 0.717) is 4.80 Å². The van der Waals surface area contributed by atoms with Crippen LogP contribution in [0.5, 0.6) is 0 Å². The van der Waals surface area contributed by atoms with Gasteiger partial charge < -0.3 is 9.30 Å². The van der Waals surface area contributed by atoms with Crippen molar-refractivity contribution in [2.45, 2.75) is 6.54 Å². The molecule has 0 fully saturated rings. The van der Waals surface area contributed by atoms with Gasteiger partial charge in [0.1, 0.15) is 6.54 Å². The highest BCUT2D eigenvalue weighted by molar-refractivity contribution is 7.16. The second-order valence-electron chi connectivity index (χ2n) is 5.24. The Labute approximate surface area is 151 Å². The van der Waals surface area contributed by atoms with Gasteiger partial charge in [-0.3, -0.25) is 19.7 Å². The summed E-state index contributed by atoms with van der Waals surface area (Å²) in [5, 5.41) is 10.7. The molecule has 1 aromatic heterocycles. The molecule has 3 rings (SSSR count). The Morgan fingerprint density at radius 2 is 1.88 bits per heavy atom. The number of amides is 1. The molecule has 3 aromatic rings. The SMILES string of the molecule is COC(=O)Cn1c(=NC(=O)c2ccc([N+](=O)[O-])cc2)sc2ccccc21. The lowest BCUT2D eigenvalue weighted by atomic mass is 10.2. The maximum atomic E-state index is 12.4. The molecule has 1 heterocycles. The number of esters is 1. The number of nitro benzene ring substituents is 1. The number of rotatable bonds is 4. The first-order chi connectivity index (χ1) is 12.5. The molecule has 0 atom stereocenters. The van der Waals surface area contributed by atoms with Gasteiger partial charge in [0.15, 0.2) is 4.80 Å². The van der Waals surface area contributed by atoms with Crippen LogP contribution in [0.2, 0.25) is 0 Å².